The molecule has 1 aromatic carbocycles. The average molecular weight is 490 g/mol. The molecular weight excluding hydrogens is 454 g/mol. The van der Waals surface area contributed by atoms with Crippen LogP contribution in [0.3, 0.4) is 0 Å². The average Bonchev–Trinajstić information content (AvgIpc) is 3.28. The number of hydrogen-bond donors (Lipinski definition) is 3. The van der Waals surface area contributed by atoms with E-state index >= 15 is 0 Å². The summed E-state index contributed by atoms with van der Waals surface area (Å²) in [6, 6.07) is 6.64. The van der Waals surface area contributed by atoms with Gasteiger partial charge in [0.25, 0.3) is 0 Å². The summed E-state index contributed by atoms with van der Waals surface area (Å²) in [4.78, 5) is 30.2. The molecule has 10 nitrogen and oxygen atoms in total. The number of carbonyl (C=O) groups is 2. The summed E-state index contributed by atoms with van der Waals surface area (Å²) in [6.45, 7) is 5.81. The maximum atomic E-state index is 13.2. The van der Waals surface area contributed by atoms with Crippen LogP contribution < -0.4 is 10.1 Å². The Kier molecular flexibility index (Phi) is 8.74. The fourth-order valence-electron chi connectivity index (χ4n) is 4.98. The molecule has 192 valence electrons. The second-order valence-corrected chi connectivity index (χ2v) is 8.86. The molecule has 0 bridgehead atoms. The van der Waals surface area contributed by atoms with E-state index in [4.69, 9.17) is 14.2 Å². The lowest BCUT2D eigenvalue weighted by molar-refractivity contribution is -0.142. The molecule has 2 heterocycles. The van der Waals surface area contributed by atoms with Crippen molar-refractivity contribution in [1.29, 1.82) is 0 Å². The monoisotopic (exact) mass is 489 g/mol. The van der Waals surface area contributed by atoms with Crippen LogP contribution in [-0.4, -0.2) is 116 Å². The van der Waals surface area contributed by atoms with Crippen molar-refractivity contribution < 1.29 is 34.0 Å². The predicted octanol–water partition coefficient (Wildman–Crippen LogP) is -0.493. The molecular formula is C25H35N3O7. The molecule has 10 heteroatoms. The molecule has 2 amide bonds. The van der Waals surface area contributed by atoms with Gasteiger partial charge in [0, 0.05) is 50.5 Å². The van der Waals surface area contributed by atoms with Gasteiger partial charge in [0.15, 0.2) is 0 Å². The Bertz CT molecular complexity index is 918. The molecule has 4 rings (SSSR count). The maximum Gasteiger partial charge on any atom is 0.249 e. The topological polar surface area (TPSA) is 121 Å². The van der Waals surface area contributed by atoms with Crippen LogP contribution in [-0.2, 0) is 19.1 Å². The number of fused-ring (bicyclic) bond motifs is 3. The largest absolute Gasteiger partial charge is 0.486 e. The van der Waals surface area contributed by atoms with Gasteiger partial charge in [-0.05, 0) is 19.1 Å². The minimum atomic E-state index is -1.04. The first-order chi connectivity index (χ1) is 17.0. The number of carbonyl (C=O) groups excluding carboxylic acids is 2. The molecule has 0 saturated carbocycles. The number of nitrogens with one attached hydrogen (secondary N) is 1. The molecule has 3 N–H and O–H groups in total. The highest BCUT2D eigenvalue weighted by Crippen LogP contribution is 2.47. The Morgan fingerprint density at radius 1 is 1.26 bits per heavy atom. The number of aliphatic hydroxyl groups is 2. The highest BCUT2D eigenvalue weighted by Gasteiger charge is 2.50. The number of amides is 2. The lowest BCUT2D eigenvalue weighted by Crippen LogP contribution is -2.57. The van der Waals surface area contributed by atoms with E-state index in [9.17, 15) is 19.8 Å². The summed E-state index contributed by atoms with van der Waals surface area (Å²) in [7, 11) is 0. The van der Waals surface area contributed by atoms with E-state index in [0.29, 0.717) is 44.2 Å². The SMILES string of the molecule is CCOCC(=O)N(CCN1CCOCC1)[C@@H]1C=C(C(=O)NCCO)[C@@H]2c3ccccc3O[C@@H]2[C@H]1O. The van der Waals surface area contributed by atoms with Crippen LogP contribution in [0.4, 0.5) is 0 Å². The predicted molar refractivity (Wildman–Crippen MR) is 127 cm³/mol. The van der Waals surface area contributed by atoms with Gasteiger partial charge in [-0.3, -0.25) is 14.5 Å². The van der Waals surface area contributed by atoms with Gasteiger partial charge in [0.05, 0.1) is 31.8 Å². The summed E-state index contributed by atoms with van der Waals surface area (Å²) in [6.07, 6.45) is -0.0761. The number of benzene rings is 1. The van der Waals surface area contributed by atoms with Crippen molar-refractivity contribution in [2.75, 3.05) is 65.8 Å². The van der Waals surface area contributed by atoms with Crippen LogP contribution in [0, 0.1) is 0 Å². The van der Waals surface area contributed by atoms with E-state index in [-0.39, 0.29) is 31.6 Å². The smallest absolute Gasteiger partial charge is 0.249 e. The lowest BCUT2D eigenvalue weighted by Gasteiger charge is -2.41. The van der Waals surface area contributed by atoms with Gasteiger partial charge in [-0.2, -0.15) is 0 Å². The van der Waals surface area contributed by atoms with Gasteiger partial charge >= 0.3 is 0 Å². The third-order valence-corrected chi connectivity index (χ3v) is 6.75. The van der Waals surface area contributed by atoms with Gasteiger partial charge in [-0.25, -0.2) is 0 Å². The zero-order valence-corrected chi connectivity index (χ0v) is 20.1. The van der Waals surface area contributed by atoms with Gasteiger partial charge in [-0.15, -0.1) is 0 Å². The molecule has 0 radical (unpaired) electrons. The highest BCUT2D eigenvalue weighted by atomic mass is 16.5. The Morgan fingerprint density at radius 2 is 2.03 bits per heavy atom. The summed E-state index contributed by atoms with van der Waals surface area (Å²) in [5.41, 5.74) is 1.24. The minimum Gasteiger partial charge on any atom is -0.486 e. The second kappa shape index (κ2) is 12.0. The van der Waals surface area contributed by atoms with Crippen molar-refractivity contribution in [3.63, 3.8) is 0 Å². The van der Waals surface area contributed by atoms with Crippen LogP contribution in [0.1, 0.15) is 18.4 Å². The van der Waals surface area contributed by atoms with Crippen molar-refractivity contribution in [3.8, 4) is 5.75 Å². The van der Waals surface area contributed by atoms with Crippen molar-refractivity contribution in [1.82, 2.24) is 15.1 Å². The number of aliphatic hydroxyl groups excluding tert-OH is 2. The third-order valence-electron chi connectivity index (χ3n) is 6.75. The maximum absolute atomic E-state index is 13.2. The van der Waals surface area contributed by atoms with Crippen molar-refractivity contribution in [2.24, 2.45) is 0 Å². The molecule has 0 spiro atoms. The number of para-hydroxylation sites is 1. The molecule has 1 saturated heterocycles. The van der Waals surface area contributed by atoms with Crippen molar-refractivity contribution in [3.05, 3.63) is 41.5 Å². The van der Waals surface area contributed by atoms with Gasteiger partial charge in [-0.1, -0.05) is 18.2 Å². The van der Waals surface area contributed by atoms with Crippen LogP contribution >= 0.6 is 0 Å². The quantitative estimate of drug-likeness (QED) is 0.403. The van der Waals surface area contributed by atoms with E-state index < -0.39 is 24.2 Å². The molecule has 0 aromatic heterocycles. The van der Waals surface area contributed by atoms with E-state index in [1.807, 2.05) is 31.2 Å². The lowest BCUT2D eigenvalue weighted by atomic mass is 9.77. The standard InChI is InChI=1S/C25H35N3O7/c1-2-33-16-21(30)28(9-8-27-10-13-34-14-11-27)19-15-18(25(32)26-7-12-29)22-17-5-3-4-6-20(17)35-24(22)23(19)31/h3-6,15,19,22-24,29,31H,2,7-14,16H2,1H3,(H,26,32)/t19-,22+,23+,24+/m1/s1. The zero-order chi connectivity index (χ0) is 24.8. The van der Waals surface area contributed by atoms with Gasteiger partial charge in [0.1, 0.15) is 24.6 Å². The number of rotatable bonds is 10. The van der Waals surface area contributed by atoms with Crippen LogP contribution in [0.25, 0.3) is 0 Å². The number of morpholine rings is 1. The minimum absolute atomic E-state index is 0.104. The molecule has 1 fully saturated rings. The Morgan fingerprint density at radius 3 is 2.77 bits per heavy atom. The molecule has 0 unspecified atom stereocenters. The second-order valence-electron chi connectivity index (χ2n) is 8.86. The number of hydrogen-bond acceptors (Lipinski definition) is 8. The third kappa shape index (κ3) is 5.68. The van der Waals surface area contributed by atoms with Crippen LogP contribution in [0.2, 0.25) is 0 Å². The zero-order valence-electron chi connectivity index (χ0n) is 20.1. The number of ether oxygens (including phenoxy) is 3. The molecule has 1 aromatic rings. The van der Waals surface area contributed by atoms with Crippen LogP contribution in [0.5, 0.6) is 5.75 Å². The summed E-state index contributed by atoms with van der Waals surface area (Å²) < 4.78 is 16.9. The molecule has 3 aliphatic rings. The summed E-state index contributed by atoms with van der Waals surface area (Å²) in [5, 5.41) is 23.4. The summed E-state index contributed by atoms with van der Waals surface area (Å²) >= 11 is 0. The molecule has 4 atom stereocenters. The normalized spacial score (nSPS) is 25.7. The van der Waals surface area contributed by atoms with Gasteiger partial charge in [0.2, 0.25) is 11.8 Å². The summed E-state index contributed by atoms with van der Waals surface area (Å²) in [5.74, 6) is -0.469. The fraction of sp³-hybridized carbons (Fsp3) is 0.600. The first kappa shape index (κ1) is 25.6. The van der Waals surface area contributed by atoms with E-state index in [0.717, 1.165) is 18.7 Å². The number of nitrogens with zero attached hydrogens (tertiary/aromatic N) is 2. The van der Waals surface area contributed by atoms with E-state index in [2.05, 4.69) is 10.2 Å². The Labute approximate surface area is 205 Å². The highest BCUT2D eigenvalue weighted by molar-refractivity contribution is 5.96. The van der Waals surface area contributed by atoms with E-state index in [1.165, 1.54) is 0 Å². The molecule has 1 aliphatic carbocycles. The fourth-order valence-corrected chi connectivity index (χ4v) is 4.98. The van der Waals surface area contributed by atoms with Crippen molar-refractivity contribution >= 4 is 11.8 Å². The van der Waals surface area contributed by atoms with E-state index in [1.54, 1.807) is 11.0 Å². The van der Waals surface area contributed by atoms with Crippen molar-refractivity contribution in [2.45, 2.75) is 31.1 Å². The Hall–Kier alpha value is -2.50. The first-order valence-electron chi connectivity index (χ1n) is 12.3. The first-order valence-corrected chi connectivity index (χ1v) is 12.3. The molecule has 2 aliphatic heterocycles. The van der Waals surface area contributed by atoms with Crippen LogP contribution in [0.15, 0.2) is 35.9 Å². The van der Waals surface area contributed by atoms with Gasteiger partial charge < -0.3 is 34.6 Å². The Balaban J connectivity index is 1.65. The molecule has 35 heavy (non-hydrogen) atoms.